The van der Waals surface area contributed by atoms with Crippen LogP contribution in [0.3, 0.4) is 0 Å². The van der Waals surface area contributed by atoms with Crippen molar-refractivity contribution < 1.29 is 27.0 Å². The van der Waals surface area contributed by atoms with Crippen molar-refractivity contribution in [2.45, 2.75) is 31.2 Å². The summed E-state index contributed by atoms with van der Waals surface area (Å²) in [5.74, 6) is -6.40. The van der Waals surface area contributed by atoms with Gasteiger partial charge in [0.05, 0.1) is 13.2 Å². The van der Waals surface area contributed by atoms with E-state index in [0.717, 1.165) is 6.92 Å². The van der Waals surface area contributed by atoms with E-state index in [2.05, 4.69) is 9.47 Å². The molecule has 0 aliphatic carbocycles. The van der Waals surface area contributed by atoms with Gasteiger partial charge in [0, 0.05) is 0 Å². The lowest BCUT2D eigenvalue weighted by atomic mass is 9.94. The average Bonchev–Trinajstić information content (AvgIpc) is 2.53. The number of hydrogen-bond donors (Lipinski definition) is 0. The van der Waals surface area contributed by atoms with Gasteiger partial charge >= 0.3 is 5.92 Å². The molecule has 1 atom stereocenters. The van der Waals surface area contributed by atoms with Gasteiger partial charge in [-0.15, -0.1) is 0 Å². The number of rotatable bonds is 3. The first-order valence-corrected chi connectivity index (χ1v) is 4.17. The molecule has 0 aromatic rings. The SMILES string of the molecule is CC(F)(CF)C(F)(F)C1(C)OCCO1. The number of halogens is 4. The molecule has 1 unspecified atom stereocenters. The Morgan fingerprint density at radius 3 is 2.00 bits per heavy atom. The van der Waals surface area contributed by atoms with E-state index < -0.39 is 24.1 Å². The summed E-state index contributed by atoms with van der Waals surface area (Å²) in [4.78, 5) is 0. The van der Waals surface area contributed by atoms with Gasteiger partial charge in [0.1, 0.15) is 6.67 Å². The van der Waals surface area contributed by atoms with Crippen molar-refractivity contribution in [3.05, 3.63) is 0 Å². The third-order valence-corrected chi connectivity index (χ3v) is 2.31. The second kappa shape index (κ2) is 3.34. The molecule has 1 rings (SSSR count). The Morgan fingerprint density at radius 2 is 1.64 bits per heavy atom. The molecule has 0 saturated carbocycles. The highest BCUT2D eigenvalue weighted by molar-refractivity contribution is 5.00. The Balaban J connectivity index is 2.93. The van der Waals surface area contributed by atoms with E-state index in [0.29, 0.717) is 6.92 Å². The Hall–Kier alpha value is -0.360. The van der Waals surface area contributed by atoms with Gasteiger partial charge in [-0.3, -0.25) is 0 Å². The number of hydrogen-bond acceptors (Lipinski definition) is 2. The monoisotopic (exact) mass is 216 g/mol. The van der Waals surface area contributed by atoms with Gasteiger partial charge in [0.2, 0.25) is 11.5 Å². The van der Waals surface area contributed by atoms with Gasteiger partial charge in [-0.05, 0) is 13.8 Å². The molecule has 2 nitrogen and oxygen atoms in total. The van der Waals surface area contributed by atoms with Crippen LogP contribution >= 0.6 is 0 Å². The molecule has 1 aliphatic heterocycles. The van der Waals surface area contributed by atoms with Crippen LogP contribution in [0.2, 0.25) is 0 Å². The molecule has 0 aromatic carbocycles. The minimum absolute atomic E-state index is 0.0472. The van der Waals surface area contributed by atoms with Gasteiger partial charge in [-0.25, -0.2) is 8.78 Å². The van der Waals surface area contributed by atoms with Gasteiger partial charge in [0.25, 0.3) is 0 Å². The molecule has 0 aromatic heterocycles. The van der Waals surface area contributed by atoms with Crippen molar-refractivity contribution in [2.75, 3.05) is 19.9 Å². The molecular formula is C8H12F4O2. The van der Waals surface area contributed by atoms with Crippen LogP contribution in [0.15, 0.2) is 0 Å². The van der Waals surface area contributed by atoms with Gasteiger partial charge < -0.3 is 9.47 Å². The maximum atomic E-state index is 13.4. The lowest BCUT2D eigenvalue weighted by Crippen LogP contribution is -2.59. The summed E-state index contributed by atoms with van der Waals surface area (Å²) >= 11 is 0. The van der Waals surface area contributed by atoms with Crippen molar-refractivity contribution in [3.63, 3.8) is 0 Å². The second-order valence-corrected chi connectivity index (χ2v) is 3.55. The molecule has 0 amide bonds. The molecule has 6 heteroatoms. The largest absolute Gasteiger partial charge is 0.343 e. The standard InChI is InChI=1S/C8H12F4O2/c1-6(10,5-9)8(11,12)7(2)13-3-4-14-7/h3-5H2,1-2H3. The van der Waals surface area contributed by atoms with Crippen molar-refractivity contribution >= 4 is 0 Å². The van der Waals surface area contributed by atoms with Crippen LogP contribution in [0.4, 0.5) is 17.6 Å². The molecule has 0 N–H and O–H groups in total. The summed E-state index contributed by atoms with van der Waals surface area (Å²) < 4.78 is 61.4. The van der Waals surface area contributed by atoms with E-state index in [9.17, 15) is 17.6 Å². The fraction of sp³-hybridized carbons (Fsp3) is 1.00. The van der Waals surface area contributed by atoms with E-state index >= 15 is 0 Å². The zero-order valence-electron chi connectivity index (χ0n) is 7.95. The van der Waals surface area contributed by atoms with Crippen molar-refractivity contribution in [3.8, 4) is 0 Å². The second-order valence-electron chi connectivity index (χ2n) is 3.55. The van der Waals surface area contributed by atoms with E-state index in [-0.39, 0.29) is 13.2 Å². The zero-order chi connectivity index (χ0) is 11.0. The van der Waals surface area contributed by atoms with Crippen molar-refractivity contribution in [1.82, 2.24) is 0 Å². The molecule has 1 saturated heterocycles. The smallest absolute Gasteiger partial charge is 0.335 e. The lowest BCUT2D eigenvalue weighted by Gasteiger charge is -2.37. The molecule has 1 aliphatic rings. The maximum Gasteiger partial charge on any atom is 0.335 e. The fourth-order valence-electron chi connectivity index (χ4n) is 1.25. The molecule has 0 spiro atoms. The van der Waals surface area contributed by atoms with Crippen LogP contribution in [-0.4, -0.2) is 37.3 Å². The van der Waals surface area contributed by atoms with Crippen LogP contribution in [-0.2, 0) is 9.47 Å². The van der Waals surface area contributed by atoms with E-state index in [1.54, 1.807) is 0 Å². The maximum absolute atomic E-state index is 13.4. The lowest BCUT2D eigenvalue weighted by molar-refractivity contribution is -0.321. The molecule has 14 heavy (non-hydrogen) atoms. The molecule has 0 radical (unpaired) electrons. The third-order valence-electron chi connectivity index (χ3n) is 2.31. The average molecular weight is 216 g/mol. The minimum atomic E-state index is -4.02. The van der Waals surface area contributed by atoms with Crippen LogP contribution in [0, 0.1) is 0 Å². The van der Waals surface area contributed by atoms with E-state index in [1.165, 1.54) is 0 Å². The molecule has 1 heterocycles. The summed E-state index contributed by atoms with van der Waals surface area (Å²) in [6, 6.07) is 0. The Kier molecular flexibility index (Phi) is 2.80. The van der Waals surface area contributed by atoms with Gasteiger partial charge in [-0.1, -0.05) is 0 Å². The predicted octanol–water partition coefficient (Wildman–Crippen LogP) is 2.08. The summed E-state index contributed by atoms with van der Waals surface area (Å²) in [6.45, 7) is -0.484. The van der Waals surface area contributed by atoms with Crippen molar-refractivity contribution in [2.24, 2.45) is 0 Å². The summed E-state index contributed by atoms with van der Waals surface area (Å²) in [7, 11) is 0. The number of ether oxygens (including phenoxy) is 2. The Bertz CT molecular complexity index is 211. The summed E-state index contributed by atoms with van der Waals surface area (Å²) in [6.07, 6.45) is 0. The van der Waals surface area contributed by atoms with Crippen LogP contribution in [0.25, 0.3) is 0 Å². The minimum Gasteiger partial charge on any atom is -0.343 e. The first-order valence-electron chi connectivity index (χ1n) is 4.17. The highest BCUT2D eigenvalue weighted by Crippen LogP contribution is 2.45. The molecular weight excluding hydrogens is 204 g/mol. The first kappa shape index (κ1) is 11.7. The highest BCUT2D eigenvalue weighted by atomic mass is 19.3. The van der Waals surface area contributed by atoms with Crippen LogP contribution < -0.4 is 0 Å². The van der Waals surface area contributed by atoms with E-state index in [1.807, 2.05) is 0 Å². The third kappa shape index (κ3) is 1.50. The summed E-state index contributed by atoms with van der Waals surface area (Å²) in [5.41, 5.74) is -3.29. The Labute approximate surface area is 79.2 Å². The molecule has 0 bridgehead atoms. The van der Waals surface area contributed by atoms with Crippen molar-refractivity contribution in [1.29, 1.82) is 0 Å². The van der Waals surface area contributed by atoms with E-state index in [4.69, 9.17) is 0 Å². The molecule has 1 fully saturated rings. The molecule has 84 valence electrons. The summed E-state index contributed by atoms with van der Waals surface area (Å²) in [5, 5.41) is 0. The van der Waals surface area contributed by atoms with Gasteiger partial charge in [-0.2, -0.15) is 8.78 Å². The first-order chi connectivity index (χ1) is 6.27. The van der Waals surface area contributed by atoms with Gasteiger partial charge in [0.15, 0.2) is 0 Å². The topological polar surface area (TPSA) is 18.5 Å². The van der Waals surface area contributed by atoms with Crippen LogP contribution in [0.1, 0.15) is 13.8 Å². The van der Waals surface area contributed by atoms with Crippen LogP contribution in [0.5, 0.6) is 0 Å². The normalized spacial score (nSPS) is 26.1. The highest BCUT2D eigenvalue weighted by Gasteiger charge is 2.66. The Morgan fingerprint density at radius 1 is 1.21 bits per heavy atom. The quantitative estimate of drug-likeness (QED) is 0.672. The zero-order valence-corrected chi connectivity index (χ0v) is 7.95. The fourth-order valence-corrected chi connectivity index (χ4v) is 1.25. The number of alkyl halides is 4. The predicted molar refractivity (Wildman–Crippen MR) is 40.7 cm³/mol.